The summed E-state index contributed by atoms with van der Waals surface area (Å²) in [7, 11) is -1.93. The highest BCUT2D eigenvalue weighted by Gasteiger charge is 2.29. The van der Waals surface area contributed by atoms with Crippen molar-refractivity contribution in [2.45, 2.75) is 24.7 Å². The lowest BCUT2D eigenvalue weighted by molar-refractivity contribution is 0.0746. The van der Waals surface area contributed by atoms with E-state index in [1.807, 2.05) is 12.1 Å². The lowest BCUT2D eigenvalue weighted by atomic mass is 10.0. The largest absolute Gasteiger partial charge is 0.494 e. The number of aromatic nitrogens is 1. The van der Waals surface area contributed by atoms with E-state index in [2.05, 4.69) is 11.8 Å². The fourth-order valence-electron chi connectivity index (χ4n) is 4.81. The minimum atomic E-state index is -3.54. The summed E-state index contributed by atoms with van der Waals surface area (Å²) in [6.45, 7) is 5.55. The zero-order valence-electron chi connectivity index (χ0n) is 20.3. The Hall–Kier alpha value is -2.40. The van der Waals surface area contributed by atoms with Crippen molar-refractivity contribution in [1.82, 2.24) is 14.2 Å². The van der Waals surface area contributed by atoms with E-state index in [0.29, 0.717) is 61.5 Å². The zero-order valence-corrected chi connectivity index (χ0v) is 22.7. The molecule has 0 bridgehead atoms. The maximum Gasteiger partial charge on any atom is 0.253 e. The second-order valence-electron chi connectivity index (χ2n) is 9.34. The number of carbonyl (C=O) groups excluding carboxylic acids is 1. The van der Waals surface area contributed by atoms with Crippen LogP contribution in [0.25, 0.3) is 10.2 Å². The molecule has 0 N–H and O–H groups in total. The van der Waals surface area contributed by atoms with Crippen LogP contribution in [0.15, 0.2) is 41.3 Å². The number of sulfonamides is 1. The molecule has 0 spiro atoms. The number of fused-ring (bicyclic) bond motifs is 1. The van der Waals surface area contributed by atoms with Gasteiger partial charge in [-0.2, -0.15) is 4.31 Å². The molecule has 8 nitrogen and oxygen atoms in total. The molecule has 0 radical (unpaired) electrons. The van der Waals surface area contributed by atoms with Gasteiger partial charge in [-0.1, -0.05) is 29.9 Å². The number of carbonyl (C=O) groups is 1. The number of piperidine rings is 1. The summed E-state index contributed by atoms with van der Waals surface area (Å²) in [5.41, 5.74) is 1.24. The van der Waals surface area contributed by atoms with Gasteiger partial charge in [-0.05, 0) is 55.2 Å². The number of piperazine rings is 1. The smallest absolute Gasteiger partial charge is 0.253 e. The van der Waals surface area contributed by atoms with Gasteiger partial charge >= 0.3 is 0 Å². The van der Waals surface area contributed by atoms with Crippen molar-refractivity contribution >= 4 is 54.2 Å². The van der Waals surface area contributed by atoms with Crippen LogP contribution < -0.4 is 9.64 Å². The molecule has 3 heterocycles. The Balaban J connectivity index is 1.24. The SMILES string of the molecule is COc1ccc(Cl)c2sc(N3CCN(C(=O)c4ccc(S(=O)(=O)N5CCCC(C)C5)cc4)CC3)nc12. The Morgan fingerprint density at radius 2 is 1.81 bits per heavy atom. The number of rotatable bonds is 5. The number of amides is 1. The lowest BCUT2D eigenvalue weighted by Crippen LogP contribution is -2.48. The Labute approximate surface area is 220 Å². The van der Waals surface area contributed by atoms with Crippen LogP contribution in [-0.4, -0.2) is 74.9 Å². The first kappa shape index (κ1) is 25.3. The van der Waals surface area contributed by atoms with Crippen molar-refractivity contribution in [3.63, 3.8) is 0 Å². The van der Waals surface area contributed by atoms with Crippen molar-refractivity contribution in [3.8, 4) is 5.75 Å². The molecule has 0 aliphatic carbocycles. The van der Waals surface area contributed by atoms with Crippen LogP contribution in [0.1, 0.15) is 30.1 Å². The molecule has 36 heavy (non-hydrogen) atoms. The Morgan fingerprint density at radius 3 is 2.47 bits per heavy atom. The van der Waals surface area contributed by atoms with Gasteiger partial charge in [0.05, 0.1) is 21.7 Å². The van der Waals surface area contributed by atoms with Crippen LogP contribution >= 0.6 is 22.9 Å². The minimum absolute atomic E-state index is 0.0980. The number of halogens is 1. The van der Waals surface area contributed by atoms with E-state index in [-0.39, 0.29) is 10.8 Å². The van der Waals surface area contributed by atoms with Crippen molar-refractivity contribution in [3.05, 3.63) is 47.0 Å². The van der Waals surface area contributed by atoms with Gasteiger partial charge in [0.15, 0.2) is 5.13 Å². The third-order valence-corrected chi connectivity index (χ3v) is 10.3. The fourth-order valence-corrected chi connectivity index (χ4v) is 7.71. The van der Waals surface area contributed by atoms with Crippen LogP contribution in [0.2, 0.25) is 5.02 Å². The van der Waals surface area contributed by atoms with E-state index >= 15 is 0 Å². The third kappa shape index (κ3) is 4.79. The van der Waals surface area contributed by atoms with Gasteiger partial charge in [0, 0.05) is 44.8 Å². The molecule has 11 heteroatoms. The predicted molar refractivity (Wildman–Crippen MR) is 143 cm³/mol. The summed E-state index contributed by atoms with van der Waals surface area (Å²) in [5, 5.41) is 1.49. The van der Waals surface area contributed by atoms with E-state index in [1.54, 1.807) is 40.6 Å². The number of hydrogen-bond acceptors (Lipinski definition) is 7. The van der Waals surface area contributed by atoms with Crippen LogP contribution in [0.3, 0.4) is 0 Å². The number of methoxy groups -OCH3 is 1. The standard InChI is InChI=1S/C25H29ClN4O4S2/c1-17-4-3-11-30(16-17)36(32,33)19-7-5-18(6-8-19)24(31)28-12-14-29(15-13-28)25-27-22-21(34-2)10-9-20(26)23(22)35-25/h5-10,17H,3-4,11-16H2,1-2H3. The average Bonchev–Trinajstić information content (AvgIpc) is 3.35. The molecule has 2 aliphatic heterocycles. The lowest BCUT2D eigenvalue weighted by Gasteiger charge is -2.34. The van der Waals surface area contributed by atoms with Gasteiger partial charge in [0.2, 0.25) is 10.0 Å². The highest BCUT2D eigenvalue weighted by molar-refractivity contribution is 7.89. The Kier molecular flexibility index (Phi) is 7.13. The second-order valence-corrected chi connectivity index (χ2v) is 12.7. The molecule has 5 rings (SSSR count). The second kappa shape index (κ2) is 10.2. The first-order chi connectivity index (χ1) is 17.3. The molecule has 2 aromatic carbocycles. The van der Waals surface area contributed by atoms with E-state index in [0.717, 1.165) is 28.2 Å². The monoisotopic (exact) mass is 548 g/mol. The van der Waals surface area contributed by atoms with Crippen LogP contribution in [0.4, 0.5) is 5.13 Å². The zero-order chi connectivity index (χ0) is 25.4. The normalized spacial score (nSPS) is 19.6. The molecule has 1 amide bonds. The van der Waals surface area contributed by atoms with Crippen molar-refractivity contribution in [1.29, 1.82) is 0 Å². The minimum Gasteiger partial charge on any atom is -0.494 e. The summed E-state index contributed by atoms with van der Waals surface area (Å²) in [6.07, 6.45) is 1.92. The highest BCUT2D eigenvalue weighted by atomic mass is 35.5. The number of benzene rings is 2. The quantitative estimate of drug-likeness (QED) is 0.471. The molecule has 1 atom stereocenters. The molecule has 192 valence electrons. The molecule has 1 aromatic heterocycles. The highest BCUT2D eigenvalue weighted by Crippen LogP contribution is 2.39. The molecular weight excluding hydrogens is 520 g/mol. The van der Waals surface area contributed by atoms with Gasteiger partial charge < -0.3 is 14.5 Å². The number of anilines is 1. The Bertz CT molecular complexity index is 1370. The molecular formula is C25H29ClN4O4S2. The first-order valence-electron chi connectivity index (χ1n) is 12.1. The number of ether oxygens (including phenoxy) is 1. The van der Waals surface area contributed by atoms with E-state index in [1.165, 1.54) is 11.3 Å². The van der Waals surface area contributed by atoms with Gasteiger partial charge in [0.25, 0.3) is 5.91 Å². The van der Waals surface area contributed by atoms with Crippen LogP contribution in [-0.2, 0) is 10.0 Å². The van der Waals surface area contributed by atoms with Crippen LogP contribution in [0.5, 0.6) is 5.75 Å². The van der Waals surface area contributed by atoms with Gasteiger partial charge in [-0.25, -0.2) is 13.4 Å². The van der Waals surface area contributed by atoms with Crippen molar-refractivity contribution in [2.75, 3.05) is 51.3 Å². The summed E-state index contributed by atoms with van der Waals surface area (Å²) >= 11 is 7.88. The number of hydrogen-bond donors (Lipinski definition) is 0. The molecule has 1 unspecified atom stereocenters. The van der Waals surface area contributed by atoms with Crippen molar-refractivity contribution < 1.29 is 17.9 Å². The third-order valence-electron chi connectivity index (χ3n) is 6.86. The summed E-state index contributed by atoms with van der Waals surface area (Å²) in [5.74, 6) is 0.944. The maximum atomic E-state index is 13.1. The van der Waals surface area contributed by atoms with Gasteiger partial charge in [0.1, 0.15) is 11.3 Å². The number of nitrogens with zero attached hydrogens (tertiary/aromatic N) is 4. The van der Waals surface area contributed by atoms with Gasteiger partial charge in [-0.3, -0.25) is 4.79 Å². The van der Waals surface area contributed by atoms with Gasteiger partial charge in [-0.15, -0.1) is 0 Å². The van der Waals surface area contributed by atoms with E-state index in [4.69, 9.17) is 21.3 Å². The molecule has 2 aliphatic rings. The molecule has 2 fully saturated rings. The predicted octanol–water partition coefficient (Wildman–Crippen LogP) is 4.34. The summed E-state index contributed by atoms with van der Waals surface area (Å²) < 4.78 is 33.9. The maximum absolute atomic E-state index is 13.1. The van der Waals surface area contributed by atoms with Crippen molar-refractivity contribution in [2.24, 2.45) is 5.92 Å². The fraction of sp³-hybridized carbons (Fsp3) is 0.440. The summed E-state index contributed by atoms with van der Waals surface area (Å²) in [6, 6.07) is 9.97. The van der Waals surface area contributed by atoms with E-state index in [9.17, 15) is 13.2 Å². The Morgan fingerprint density at radius 1 is 1.08 bits per heavy atom. The average molecular weight is 549 g/mol. The topological polar surface area (TPSA) is 83.0 Å². The summed E-state index contributed by atoms with van der Waals surface area (Å²) in [4.78, 5) is 22.1. The first-order valence-corrected chi connectivity index (χ1v) is 14.7. The number of thiazole rings is 1. The molecule has 0 saturated carbocycles. The molecule has 3 aromatic rings. The van der Waals surface area contributed by atoms with Crippen LogP contribution in [0, 0.1) is 5.92 Å². The van der Waals surface area contributed by atoms with E-state index < -0.39 is 10.0 Å². The molecule has 2 saturated heterocycles.